The fourth-order valence-electron chi connectivity index (χ4n) is 3.44. The molecule has 0 bridgehead atoms. The maximum atomic E-state index is 12.4. The first-order valence-electron chi connectivity index (χ1n) is 8.79. The first kappa shape index (κ1) is 16.8. The number of amides is 1. The van der Waals surface area contributed by atoms with Crippen LogP contribution >= 0.6 is 0 Å². The highest BCUT2D eigenvalue weighted by atomic mass is 16.6. The highest BCUT2D eigenvalue weighted by molar-refractivity contribution is 5.90. The summed E-state index contributed by atoms with van der Waals surface area (Å²) in [5.41, 5.74) is 3.81. The average Bonchev–Trinajstić information content (AvgIpc) is 2.59. The van der Waals surface area contributed by atoms with Crippen molar-refractivity contribution in [2.24, 2.45) is 22.9 Å². The van der Waals surface area contributed by atoms with Gasteiger partial charge in [0.1, 0.15) is 6.61 Å². The lowest BCUT2D eigenvalue weighted by atomic mass is 9.76. The van der Waals surface area contributed by atoms with Gasteiger partial charge in [-0.2, -0.15) is 5.10 Å². The quantitative estimate of drug-likeness (QED) is 0.864. The van der Waals surface area contributed by atoms with Gasteiger partial charge in [-0.05, 0) is 43.2 Å². The predicted octanol–water partition coefficient (Wildman–Crippen LogP) is 3.39. The Morgan fingerprint density at radius 3 is 2.75 bits per heavy atom. The van der Waals surface area contributed by atoms with Crippen LogP contribution in [0.15, 0.2) is 29.4 Å². The number of carbonyl (C=O) groups is 1. The van der Waals surface area contributed by atoms with E-state index in [1.54, 1.807) is 6.07 Å². The van der Waals surface area contributed by atoms with E-state index >= 15 is 0 Å². The molecule has 1 amide bonds. The van der Waals surface area contributed by atoms with Crippen LogP contribution in [0, 0.1) is 17.8 Å². The summed E-state index contributed by atoms with van der Waals surface area (Å²) in [6.07, 6.45) is 2.66. The van der Waals surface area contributed by atoms with Crippen molar-refractivity contribution < 1.29 is 14.3 Å². The van der Waals surface area contributed by atoms with Crippen molar-refractivity contribution in [1.82, 2.24) is 5.43 Å². The molecular formula is C19H26N2O3. The van der Waals surface area contributed by atoms with E-state index in [0.717, 1.165) is 18.6 Å². The fraction of sp³-hybridized carbons (Fsp3) is 0.579. The monoisotopic (exact) mass is 330 g/mol. The van der Waals surface area contributed by atoms with Gasteiger partial charge >= 0.3 is 0 Å². The molecule has 1 aromatic rings. The Balaban J connectivity index is 1.64. The lowest BCUT2D eigenvalue weighted by Gasteiger charge is -2.31. The summed E-state index contributed by atoms with van der Waals surface area (Å²) in [6, 6.07) is 7.38. The molecule has 1 N–H and O–H groups in total. The van der Waals surface area contributed by atoms with Gasteiger partial charge in [-0.25, -0.2) is 5.43 Å². The van der Waals surface area contributed by atoms with Gasteiger partial charge in [-0.15, -0.1) is 0 Å². The molecule has 1 saturated carbocycles. The zero-order valence-corrected chi connectivity index (χ0v) is 14.6. The van der Waals surface area contributed by atoms with Gasteiger partial charge in [-0.3, -0.25) is 4.79 Å². The standard InChI is InChI=1S/C19H26N2O3/c1-12(2)14-9-8-13(3)10-15(14)20-21-19(22)18-11-23-16-6-4-5-7-17(16)24-18/h4-7,12-14,18H,8-11H2,1-3H3,(H,21,22)/b20-15-/t13-,14-,18-/m0/s1. The molecule has 1 fully saturated rings. The number of hydrazone groups is 1. The molecule has 1 aliphatic heterocycles. The second-order valence-electron chi connectivity index (χ2n) is 7.18. The second-order valence-corrected chi connectivity index (χ2v) is 7.18. The SMILES string of the molecule is CC(C)[C@@H]1CC[C@H](C)C/C1=N/NC(=O)[C@@H]1COc2ccccc2O1. The Bertz CT molecular complexity index is 627. The van der Waals surface area contributed by atoms with E-state index in [4.69, 9.17) is 9.47 Å². The first-order chi connectivity index (χ1) is 11.5. The third-order valence-corrected chi connectivity index (χ3v) is 4.87. The summed E-state index contributed by atoms with van der Waals surface area (Å²) in [5.74, 6) is 2.63. The van der Waals surface area contributed by atoms with Crippen LogP contribution in [0.2, 0.25) is 0 Å². The number of rotatable bonds is 3. The van der Waals surface area contributed by atoms with E-state index in [1.165, 1.54) is 6.42 Å². The molecule has 5 nitrogen and oxygen atoms in total. The van der Waals surface area contributed by atoms with Gasteiger partial charge in [0.05, 0.1) is 0 Å². The third-order valence-electron chi connectivity index (χ3n) is 4.87. The molecule has 0 unspecified atom stereocenters. The third kappa shape index (κ3) is 3.71. The Kier molecular flexibility index (Phi) is 5.07. The zero-order chi connectivity index (χ0) is 17.1. The number of benzene rings is 1. The number of ether oxygens (including phenoxy) is 2. The van der Waals surface area contributed by atoms with Crippen LogP contribution in [0.5, 0.6) is 11.5 Å². The number of hydrogen-bond acceptors (Lipinski definition) is 4. The Hall–Kier alpha value is -2.04. The van der Waals surface area contributed by atoms with Crippen molar-refractivity contribution in [1.29, 1.82) is 0 Å². The van der Waals surface area contributed by atoms with Crippen LogP contribution in [0.25, 0.3) is 0 Å². The van der Waals surface area contributed by atoms with Gasteiger partial charge in [0.25, 0.3) is 5.91 Å². The average molecular weight is 330 g/mol. The minimum Gasteiger partial charge on any atom is -0.485 e. The molecule has 24 heavy (non-hydrogen) atoms. The topological polar surface area (TPSA) is 59.9 Å². The van der Waals surface area contributed by atoms with E-state index in [9.17, 15) is 4.79 Å². The Labute approximate surface area is 143 Å². The number of nitrogens with zero attached hydrogens (tertiary/aromatic N) is 1. The molecule has 5 heteroatoms. The van der Waals surface area contributed by atoms with E-state index in [-0.39, 0.29) is 12.5 Å². The van der Waals surface area contributed by atoms with Crippen molar-refractivity contribution in [2.75, 3.05) is 6.61 Å². The molecule has 3 atom stereocenters. The molecule has 2 aliphatic rings. The maximum absolute atomic E-state index is 12.4. The smallest absolute Gasteiger partial charge is 0.284 e. The fourth-order valence-corrected chi connectivity index (χ4v) is 3.44. The van der Waals surface area contributed by atoms with Crippen LogP contribution < -0.4 is 14.9 Å². The largest absolute Gasteiger partial charge is 0.485 e. The number of carbonyl (C=O) groups excluding carboxylic acids is 1. The Morgan fingerprint density at radius 2 is 2.00 bits per heavy atom. The van der Waals surface area contributed by atoms with E-state index in [0.29, 0.717) is 29.3 Å². The zero-order valence-electron chi connectivity index (χ0n) is 14.6. The van der Waals surface area contributed by atoms with Crippen LogP contribution in [0.1, 0.15) is 40.0 Å². The van der Waals surface area contributed by atoms with Crippen LogP contribution in [-0.2, 0) is 4.79 Å². The molecule has 0 saturated heterocycles. The van der Waals surface area contributed by atoms with Crippen molar-refractivity contribution in [3.63, 3.8) is 0 Å². The summed E-state index contributed by atoms with van der Waals surface area (Å²) >= 11 is 0. The van der Waals surface area contributed by atoms with Gasteiger partial charge in [0, 0.05) is 11.6 Å². The van der Waals surface area contributed by atoms with Crippen molar-refractivity contribution in [3.8, 4) is 11.5 Å². The molecule has 1 aromatic carbocycles. The number of nitrogens with one attached hydrogen (secondary N) is 1. The van der Waals surface area contributed by atoms with Crippen LogP contribution in [0.4, 0.5) is 0 Å². The summed E-state index contributed by atoms with van der Waals surface area (Å²) < 4.78 is 11.3. The van der Waals surface area contributed by atoms with E-state index < -0.39 is 6.10 Å². The van der Waals surface area contributed by atoms with Gasteiger partial charge in [0.15, 0.2) is 11.5 Å². The maximum Gasteiger partial charge on any atom is 0.284 e. The molecule has 1 aliphatic carbocycles. The molecule has 0 aromatic heterocycles. The van der Waals surface area contributed by atoms with Crippen molar-refractivity contribution >= 4 is 11.6 Å². The Morgan fingerprint density at radius 1 is 1.25 bits per heavy atom. The van der Waals surface area contributed by atoms with Crippen LogP contribution in [-0.4, -0.2) is 24.3 Å². The lowest BCUT2D eigenvalue weighted by molar-refractivity contribution is -0.130. The van der Waals surface area contributed by atoms with Crippen LogP contribution in [0.3, 0.4) is 0 Å². The molecule has 1 heterocycles. The predicted molar refractivity (Wildman–Crippen MR) is 93.3 cm³/mol. The van der Waals surface area contributed by atoms with Gasteiger partial charge in [0.2, 0.25) is 6.10 Å². The number of fused-ring (bicyclic) bond motifs is 1. The highest BCUT2D eigenvalue weighted by Gasteiger charge is 2.29. The summed E-state index contributed by atoms with van der Waals surface area (Å²) in [6.45, 7) is 6.88. The summed E-state index contributed by atoms with van der Waals surface area (Å²) in [7, 11) is 0. The minimum absolute atomic E-state index is 0.206. The molecule has 130 valence electrons. The molecule has 3 rings (SSSR count). The molecule has 0 spiro atoms. The molecular weight excluding hydrogens is 304 g/mol. The number of hydrogen-bond donors (Lipinski definition) is 1. The van der Waals surface area contributed by atoms with Gasteiger partial charge < -0.3 is 9.47 Å². The van der Waals surface area contributed by atoms with Gasteiger partial charge in [-0.1, -0.05) is 32.9 Å². The second kappa shape index (κ2) is 7.24. The minimum atomic E-state index is -0.664. The molecule has 0 radical (unpaired) electrons. The summed E-state index contributed by atoms with van der Waals surface area (Å²) in [4.78, 5) is 12.4. The first-order valence-corrected chi connectivity index (χ1v) is 8.79. The highest BCUT2D eigenvalue weighted by Crippen LogP contribution is 2.32. The van der Waals surface area contributed by atoms with E-state index in [2.05, 4.69) is 31.3 Å². The van der Waals surface area contributed by atoms with Crippen molar-refractivity contribution in [3.05, 3.63) is 24.3 Å². The van der Waals surface area contributed by atoms with Crippen molar-refractivity contribution in [2.45, 2.75) is 46.1 Å². The normalized spacial score (nSPS) is 28.0. The van der Waals surface area contributed by atoms with E-state index in [1.807, 2.05) is 18.2 Å². The number of para-hydroxylation sites is 2. The lowest BCUT2D eigenvalue weighted by Crippen LogP contribution is -2.43. The summed E-state index contributed by atoms with van der Waals surface area (Å²) in [5, 5.41) is 4.45.